The lowest BCUT2D eigenvalue weighted by Gasteiger charge is -2.16. The van der Waals surface area contributed by atoms with Gasteiger partial charge in [-0.2, -0.15) is 0 Å². The Kier molecular flexibility index (Phi) is 7.12. The highest BCUT2D eigenvalue weighted by atomic mass is 16.1. The summed E-state index contributed by atoms with van der Waals surface area (Å²) in [5, 5.41) is 14.2. The number of tetrazole rings is 1. The number of imidazole rings is 1. The summed E-state index contributed by atoms with van der Waals surface area (Å²) < 4.78 is 1.90. The van der Waals surface area contributed by atoms with Crippen LogP contribution >= 0.6 is 0 Å². The molecule has 0 fully saturated rings. The van der Waals surface area contributed by atoms with Crippen LogP contribution < -0.4 is 5.69 Å². The van der Waals surface area contributed by atoms with Crippen molar-refractivity contribution in [2.75, 3.05) is 0 Å². The van der Waals surface area contributed by atoms with Gasteiger partial charge in [-0.1, -0.05) is 63.9 Å². The summed E-state index contributed by atoms with van der Waals surface area (Å²) in [6.07, 6.45) is 7.08. The molecule has 0 saturated heterocycles. The maximum atomic E-state index is 12.9. The number of H-pyrrole nitrogens is 2. The van der Waals surface area contributed by atoms with Crippen molar-refractivity contribution in [2.45, 2.75) is 65.3 Å². The van der Waals surface area contributed by atoms with Crippen LogP contribution in [0.2, 0.25) is 0 Å². The first-order chi connectivity index (χ1) is 16.1. The van der Waals surface area contributed by atoms with E-state index in [0.29, 0.717) is 18.3 Å². The van der Waals surface area contributed by atoms with Gasteiger partial charge < -0.3 is 4.98 Å². The molecule has 0 aliphatic rings. The normalized spacial score (nSPS) is 12.2. The molecule has 0 saturated carbocycles. The number of aryl methyl sites for hydroxylation is 1. The van der Waals surface area contributed by atoms with E-state index in [1.165, 1.54) is 0 Å². The molecule has 2 N–H and O–H groups in total. The Bertz CT molecular complexity index is 1220. The first-order valence-electron chi connectivity index (χ1n) is 11.7. The van der Waals surface area contributed by atoms with Crippen molar-refractivity contribution in [2.24, 2.45) is 0 Å². The lowest BCUT2D eigenvalue weighted by atomic mass is 9.98. The first-order valence-corrected chi connectivity index (χ1v) is 11.7. The Morgan fingerprint density at radius 2 is 1.88 bits per heavy atom. The Morgan fingerprint density at radius 3 is 2.55 bits per heavy atom. The highest BCUT2D eigenvalue weighted by molar-refractivity contribution is 5.78. The van der Waals surface area contributed by atoms with Gasteiger partial charge in [-0.15, -0.1) is 5.10 Å². The van der Waals surface area contributed by atoms with Gasteiger partial charge >= 0.3 is 5.69 Å². The van der Waals surface area contributed by atoms with E-state index in [-0.39, 0.29) is 5.69 Å². The number of pyridine rings is 1. The van der Waals surface area contributed by atoms with Crippen molar-refractivity contribution in [3.63, 3.8) is 0 Å². The number of nitrogens with one attached hydrogen (secondary N) is 2. The number of unbranched alkanes of at least 4 members (excludes halogenated alkanes) is 1. The summed E-state index contributed by atoms with van der Waals surface area (Å²) in [5.74, 6) is 0.931. The van der Waals surface area contributed by atoms with E-state index >= 15 is 0 Å². The monoisotopic (exact) mass is 445 g/mol. The molecule has 0 aliphatic carbocycles. The predicted molar refractivity (Wildman–Crippen MR) is 129 cm³/mol. The molecular weight excluding hydrogens is 414 g/mol. The topological polar surface area (TPSA) is 105 Å². The molecule has 0 bridgehead atoms. The van der Waals surface area contributed by atoms with Crippen LogP contribution in [0.25, 0.3) is 22.6 Å². The molecule has 0 aliphatic heterocycles. The highest BCUT2D eigenvalue weighted by Gasteiger charge is 2.19. The fraction of sp³-hybridized carbons (Fsp3) is 0.400. The third-order valence-electron chi connectivity index (χ3n) is 6.04. The minimum atomic E-state index is -0.0358. The Balaban J connectivity index is 1.63. The largest absolute Gasteiger partial charge is 0.326 e. The second-order valence-electron chi connectivity index (χ2n) is 8.52. The Hall–Kier alpha value is -3.55. The molecule has 8 nitrogen and oxygen atoms in total. The van der Waals surface area contributed by atoms with Gasteiger partial charge in [0.2, 0.25) is 0 Å². The number of rotatable bonds is 10. The molecular formula is C25H31N7O. The summed E-state index contributed by atoms with van der Waals surface area (Å²) in [7, 11) is 0. The van der Waals surface area contributed by atoms with Crippen molar-refractivity contribution >= 4 is 0 Å². The average Bonchev–Trinajstić information content (AvgIpc) is 3.47. The molecule has 4 aromatic rings. The van der Waals surface area contributed by atoms with Gasteiger partial charge in [0.25, 0.3) is 0 Å². The lowest BCUT2D eigenvalue weighted by Crippen LogP contribution is -2.20. The van der Waals surface area contributed by atoms with Crippen molar-refractivity contribution < 1.29 is 0 Å². The van der Waals surface area contributed by atoms with Crippen molar-refractivity contribution in [1.29, 1.82) is 0 Å². The SMILES string of the molecule is CCCCc1[nH]c(=O)n(Cc2ccc(-c3ccccc3-c3nnn[nH]3)nc2)c1C(C)CCC. The van der Waals surface area contributed by atoms with Gasteiger partial charge in [0, 0.05) is 28.7 Å². The first kappa shape index (κ1) is 22.6. The third kappa shape index (κ3) is 4.94. The zero-order chi connectivity index (χ0) is 23.2. The van der Waals surface area contributed by atoms with Gasteiger partial charge in [0.15, 0.2) is 5.82 Å². The van der Waals surface area contributed by atoms with Crippen LogP contribution in [0, 0.1) is 0 Å². The van der Waals surface area contributed by atoms with E-state index in [0.717, 1.165) is 65.9 Å². The van der Waals surface area contributed by atoms with E-state index in [1.54, 1.807) is 0 Å². The van der Waals surface area contributed by atoms with Crippen LogP contribution in [-0.4, -0.2) is 35.2 Å². The molecule has 3 aromatic heterocycles. The fourth-order valence-electron chi connectivity index (χ4n) is 4.41. The molecule has 0 spiro atoms. The fourth-order valence-corrected chi connectivity index (χ4v) is 4.41. The van der Waals surface area contributed by atoms with Gasteiger partial charge in [-0.25, -0.2) is 9.89 Å². The standard InChI is InChI=1S/C25H31N7O/c1-4-6-12-22-23(17(3)9-5-2)32(25(33)27-22)16-18-13-14-21(26-15-18)19-10-7-8-11-20(19)24-28-30-31-29-24/h7-8,10-11,13-15,17H,4-6,9,12,16H2,1-3H3,(H,27,33)(H,28,29,30,31). The second kappa shape index (κ2) is 10.4. The Labute approximate surface area is 193 Å². The molecule has 0 amide bonds. The maximum absolute atomic E-state index is 12.9. The predicted octanol–water partition coefficient (Wildman–Crippen LogP) is 4.71. The molecule has 8 heteroatoms. The van der Waals surface area contributed by atoms with E-state index in [4.69, 9.17) is 4.98 Å². The zero-order valence-corrected chi connectivity index (χ0v) is 19.5. The minimum absolute atomic E-state index is 0.0358. The highest BCUT2D eigenvalue weighted by Crippen LogP contribution is 2.29. The summed E-state index contributed by atoms with van der Waals surface area (Å²) in [6, 6.07) is 11.9. The lowest BCUT2D eigenvalue weighted by molar-refractivity contribution is 0.588. The number of nitrogens with zero attached hydrogens (tertiary/aromatic N) is 5. The second-order valence-corrected chi connectivity index (χ2v) is 8.52. The number of aromatic nitrogens is 7. The maximum Gasteiger partial charge on any atom is 0.326 e. The van der Waals surface area contributed by atoms with Crippen LogP contribution in [0.15, 0.2) is 47.4 Å². The van der Waals surface area contributed by atoms with Crippen LogP contribution in [0.5, 0.6) is 0 Å². The van der Waals surface area contributed by atoms with E-state index in [9.17, 15) is 4.79 Å². The van der Waals surface area contributed by atoms with Crippen molar-refractivity contribution in [1.82, 2.24) is 35.2 Å². The summed E-state index contributed by atoms with van der Waals surface area (Å²) in [6.45, 7) is 7.08. The van der Waals surface area contributed by atoms with Gasteiger partial charge in [0.05, 0.1) is 12.2 Å². The number of hydrogen-bond acceptors (Lipinski definition) is 5. The molecule has 1 atom stereocenters. The van der Waals surface area contributed by atoms with Crippen molar-refractivity contribution in [3.8, 4) is 22.6 Å². The molecule has 172 valence electrons. The number of benzene rings is 1. The molecule has 4 rings (SSSR count). The van der Waals surface area contributed by atoms with E-state index in [2.05, 4.69) is 46.4 Å². The van der Waals surface area contributed by atoms with Crippen LogP contribution in [0.3, 0.4) is 0 Å². The number of aromatic amines is 2. The summed E-state index contributed by atoms with van der Waals surface area (Å²) >= 11 is 0. The van der Waals surface area contributed by atoms with Crippen LogP contribution in [-0.2, 0) is 13.0 Å². The molecule has 0 radical (unpaired) electrons. The van der Waals surface area contributed by atoms with Crippen LogP contribution in [0.1, 0.15) is 69.3 Å². The molecule has 1 aromatic carbocycles. The van der Waals surface area contributed by atoms with Gasteiger partial charge in [0.1, 0.15) is 0 Å². The zero-order valence-electron chi connectivity index (χ0n) is 19.5. The van der Waals surface area contributed by atoms with Crippen LogP contribution in [0.4, 0.5) is 0 Å². The summed E-state index contributed by atoms with van der Waals surface area (Å²) in [5.41, 5.74) is 5.85. The minimum Gasteiger partial charge on any atom is -0.310 e. The van der Waals surface area contributed by atoms with E-state index < -0.39 is 0 Å². The quantitative estimate of drug-likeness (QED) is 0.368. The molecule has 1 unspecified atom stereocenters. The van der Waals surface area contributed by atoms with Crippen molar-refractivity contribution in [3.05, 3.63) is 70.0 Å². The number of hydrogen-bond donors (Lipinski definition) is 2. The Morgan fingerprint density at radius 1 is 1.06 bits per heavy atom. The smallest absolute Gasteiger partial charge is 0.310 e. The average molecular weight is 446 g/mol. The van der Waals surface area contributed by atoms with Gasteiger partial charge in [-0.05, 0) is 47.2 Å². The molecule has 33 heavy (non-hydrogen) atoms. The van der Waals surface area contributed by atoms with Gasteiger partial charge in [-0.3, -0.25) is 9.55 Å². The third-order valence-corrected chi connectivity index (χ3v) is 6.04. The molecule has 3 heterocycles. The summed E-state index contributed by atoms with van der Waals surface area (Å²) in [4.78, 5) is 20.7. The van der Waals surface area contributed by atoms with E-state index in [1.807, 2.05) is 47.2 Å².